The largest absolute Gasteiger partial charge is 0.349 e. The van der Waals surface area contributed by atoms with Gasteiger partial charge in [-0.3, -0.25) is 4.79 Å². The van der Waals surface area contributed by atoms with Crippen molar-refractivity contribution in [2.45, 2.75) is 44.9 Å². The number of rotatable bonds is 3. The Morgan fingerprint density at radius 3 is 2.05 bits per heavy atom. The second-order valence-electron chi connectivity index (χ2n) is 7.45. The monoisotopic (exact) mass is 260 g/mol. The van der Waals surface area contributed by atoms with Crippen molar-refractivity contribution >= 4 is 5.91 Å². The number of amides is 1. The molecular formula is C16H24N2O. The Bertz CT molecular complexity index is 386. The predicted octanol–water partition coefficient (Wildman–Crippen LogP) is 2.82. The van der Waals surface area contributed by atoms with Gasteiger partial charge >= 0.3 is 0 Å². The molecule has 1 unspecified atom stereocenters. The van der Waals surface area contributed by atoms with Crippen molar-refractivity contribution in [1.82, 2.24) is 4.90 Å². The van der Waals surface area contributed by atoms with Crippen LogP contribution in [0.25, 0.3) is 0 Å². The van der Waals surface area contributed by atoms with Crippen molar-refractivity contribution in [2.75, 3.05) is 14.1 Å². The lowest BCUT2D eigenvalue weighted by atomic mass is 9.46. The second-order valence-corrected chi connectivity index (χ2v) is 7.45. The lowest BCUT2D eigenvalue weighted by molar-refractivity contribution is -0.133. The van der Waals surface area contributed by atoms with Crippen LogP contribution < -0.4 is 0 Å². The van der Waals surface area contributed by atoms with Crippen molar-refractivity contribution in [2.24, 2.45) is 29.1 Å². The summed E-state index contributed by atoms with van der Waals surface area (Å²) < 4.78 is 0. The van der Waals surface area contributed by atoms with E-state index in [2.05, 4.69) is 6.07 Å². The van der Waals surface area contributed by atoms with Crippen LogP contribution in [0, 0.1) is 40.4 Å². The second kappa shape index (κ2) is 4.51. The van der Waals surface area contributed by atoms with Crippen LogP contribution in [0.1, 0.15) is 44.9 Å². The molecule has 4 bridgehead atoms. The number of hydrogen-bond donors (Lipinski definition) is 0. The molecule has 1 atom stereocenters. The minimum Gasteiger partial charge on any atom is -0.349 e. The van der Waals surface area contributed by atoms with E-state index in [-0.39, 0.29) is 17.2 Å². The molecule has 0 heterocycles. The predicted molar refractivity (Wildman–Crippen MR) is 73.0 cm³/mol. The first-order valence-corrected chi connectivity index (χ1v) is 7.62. The molecule has 3 heteroatoms. The molecule has 3 nitrogen and oxygen atoms in total. The molecule has 4 fully saturated rings. The van der Waals surface area contributed by atoms with Gasteiger partial charge in [0.2, 0.25) is 5.91 Å². The minimum atomic E-state index is -0.0594. The highest BCUT2D eigenvalue weighted by molar-refractivity contribution is 5.76. The number of carbonyl (C=O) groups excluding carboxylic acids is 1. The minimum absolute atomic E-state index is 0.0594. The van der Waals surface area contributed by atoms with Crippen LogP contribution in [0.5, 0.6) is 0 Å². The summed E-state index contributed by atoms with van der Waals surface area (Å²) in [6.45, 7) is 0. The van der Waals surface area contributed by atoms with Crippen molar-refractivity contribution in [3.63, 3.8) is 0 Å². The summed E-state index contributed by atoms with van der Waals surface area (Å²) in [6, 6.07) is 2.50. The van der Waals surface area contributed by atoms with Gasteiger partial charge in [0.15, 0.2) is 0 Å². The van der Waals surface area contributed by atoms with Crippen LogP contribution in [0.15, 0.2) is 0 Å². The molecule has 104 valence electrons. The summed E-state index contributed by atoms with van der Waals surface area (Å²) in [5, 5.41) is 9.60. The standard InChI is InChI=1S/C16H24N2O/c1-18(2)15(19)6-14(10-17)16-7-11-3-12(8-16)5-13(4-11)9-16/h11-14H,3-9H2,1-2H3. The Morgan fingerprint density at radius 2 is 1.68 bits per heavy atom. The van der Waals surface area contributed by atoms with E-state index in [1.807, 2.05) is 0 Å². The van der Waals surface area contributed by atoms with Gasteiger partial charge in [-0.05, 0) is 61.7 Å². The Labute approximate surface area is 116 Å². The fourth-order valence-corrected chi connectivity index (χ4v) is 5.36. The topological polar surface area (TPSA) is 44.1 Å². The highest BCUT2D eigenvalue weighted by atomic mass is 16.2. The third-order valence-corrected chi connectivity index (χ3v) is 5.86. The van der Waals surface area contributed by atoms with E-state index in [0.717, 1.165) is 17.8 Å². The number of carbonyl (C=O) groups is 1. The molecule has 0 spiro atoms. The maximum absolute atomic E-state index is 12.0. The smallest absolute Gasteiger partial charge is 0.223 e. The summed E-state index contributed by atoms with van der Waals surface area (Å²) >= 11 is 0. The third kappa shape index (κ3) is 2.16. The average Bonchev–Trinajstić information content (AvgIpc) is 2.33. The first kappa shape index (κ1) is 13.0. The maximum atomic E-state index is 12.0. The molecule has 0 aromatic carbocycles. The lowest BCUT2D eigenvalue weighted by Gasteiger charge is -2.58. The van der Waals surface area contributed by atoms with Gasteiger partial charge in [-0.25, -0.2) is 0 Å². The average molecular weight is 260 g/mol. The van der Waals surface area contributed by atoms with Gasteiger partial charge in [0.05, 0.1) is 12.0 Å². The van der Waals surface area contributed by atoms with Gasteiger partial charge in [-0.2, -0.15) is 5.26 Å². The fourth-order valence-electron chi connectivity index (χ4n) is 5.36. The van der Waals surface area contributed by atoms with Gasteiger partial charge in [0.1, 0.15) is 0 Å². The summed E-state index contributed by atoms with van der Waals surface area (Å²) in [5.41, 5.74) is 0.176. The molecule has 0 radical (unpaired) electrons. The zero-order valence-corrected chi connectivity index (χ0v) is 12.1. The van der Waals surface area contributed by atoms with Gasteiger partial charge in [0.25, 0.3) is 0 Å². The molecule has 0 aromatic heterocycles. The molecule has 0 saturated heterocycles. The number of nitriles is 1. The number of hydrogen-bond acceptors (Lipinski definition) is 2. The van der Waals surface area contributed by atoms with E-state index in [1.165, 1.54) is 38.5 Å². The van der Waals surface area contributed by atoms with Crippen LogP contribution in [-0.4, -0.2) is 24.9 Å². The highest BCUT2D eigenvalue weighted by Gasteiger charge is 2.54. The first-order chi connectivity index (χ1) is 9.02. The molecule has 4 saturated carbocycles. The van der Waals surface area contributed by atoms with E-state index >= 15 is 0 Å². The van der Waals surface area contributed by atoms with E-state index in [4.69, 9.17) is 0 Å². The lowest BCUT2D eigenvalue weighted by Crippen LogP contribution is -2.50. The Balaban J connectivity index is 1.79. The Morgan fingerprint density at radius 1 is 1.21 bits per heavy atom. The van der Waals surface area contributed by atoms with Gasteiger partial charge in [-0.1, -0.05) is 0 Å². The fraction of sp³-hybridized carbons (Fsp3) is 0.875. The quantitative estimate of drug-likeness (QED) is 0.783. The van der Waals surface area contributed by atoms with Crippen molar-refractivity contribution in [1.29, 1.82) is 5.26 Å². The summed E-state index contributed by atoms with van der Waals surface area (Å²) in [5.74, 6) is 2.59. The van der Waals surface area contributed by atoms with Crippen molar-refractivity contribution in [3.8, 4) is 6.07 Å². The molecule has 0 aromatic rings. The van der Waals surface area contributed by atoms with Gasteiger partial charge < -0.3 is 4.90 Å². The van der Waals surface area contributed by atoms with Crippen LogP contribution in [0.2, 0.25) is 0 Å². The highest BCUT2D eigenvalue weighted by Crippen LogP contribution is 2.63. The Hall–Kier alpha value is -1.04. The van der Waals surface area contributed by atoms with E-state index in [0.29, 0.717) is 6.42 Å². The first-order valence-electron chi connectivity index (χ1n) is 7.62. The SMILES string of the molecule is CN(C)C(=O)CC(C#N)C12CC3CC(CC(C3)C1)C2. The summed E-state index contributed by atoms with van der Waals surface area (Å²) in [4.78, 5) is 13.6. The van der Waals surface area contributed by atoms with E-state index in [9.17, 15) is 10.1 Å². The van der Waals surface area contributed by atoms with Crippen LogP contribution in [0.4, 0.5) is 0 Å². The molecule has 4 rings (SSSR count). The molecular weight excluding hydrogens is 236 g/mol. The van der Waals surface area contributed by atoms with Crippen LogP contribution in [-0.2, 0) is 4.79 Å². The van der Waals surface area contributed by atoms with Gasteiger partial charge in [0, 0.05) is 20.5 Å². The molecule has 0 N–H and O–H groups in total. The van der Waals surface area contributed by atoms with Crippen molar-refractivity contribution < 1.29 is 4.79 Å². The van der Waals surface area contributed by atoms with Crippen LogP contribution in [0.3, 0.4) is 0 Å². The molecule has 0 aliphatic heterocycles. The van der Waals surface area contributed by atoms with Crippen molar-refractivity contribution in [3.05, 3.63) is 0 Å². The summed E-state index contributed by atoms with van der Waals surface area (Å²) in [7, 11) is 3.58. The normalized spacial score (nSPS) is 40.8. The molecule has 19 heavy (non-hydrogen) atoms. The molecule has 1 amide bonds. The van der Waals surface area contributed by atoms with E-state index in [1.54, 1.807) is 19.0 Å². The molecule has 4 aliphatic rings. The van der Waals surface area contributed by atoms with Gasteiger partial charge in [-0.15, -0.1) is 0 Å². The Kier molecular flexibility index (Phi) is 3.08. The molecule has 4 aliphatic carbocycles. The zero-order chi connectivity index (χ0) is 13.6. The van der Waals surface area contributed by atoms with Crippen LogP contribution >= 0.6 is 0 Å². The number of nitrogens with zero attached hydrogens (tertiary/aromatic N) is 2. The van der Waals surface area contributed by atoms with E-state index < -0.39 is 0 Å². The maximum Gasteiger partial charge on any atom is 0.223 e. The zero-order valence-electron chi connectivity index (χ0n) is 12.1. The summed E-state index contributed by atoms with van der Waals surface area (Å²) in [6.07, 6.45) is 8.21. The third-order valence-electron chi connectivity index (χ3n) is 5.86.